The average Bonchev–Trinajstić information content (AvgIpc) is 2.62. The highest BCUT2D eigenvalue weighted by Crippen LogP contribution is 2.37. The third kappa shape index (κ3) is 2.49. The van der Waals surface area contributed by atoms with Crippen LogP contribution in [0.4, 0.5) is 13.2 Å². The first-order valence-electron chi connectivity index (χ1n) is 4.55. The molecule has 2 aromatic rings. The lowest BCUT2D eigenvalue weighted by molar-refractivity contribution is -0.137. The summed E-state index contributed by atoms with van der Waals surface area (Å²) in [6.45, 7) is 1.54. The van der Waals surface area contributed by atoms with Crippen LogP contribution in [0.25, 0.3) is 11.5 Å². The highest BCUT2D eigenvalue weighted by Gasteiger charge is 2.35. The fraction of sp³-hybridized carbons (Fsp3) is 0.200. The second-order valence-electron chi connectivity index (χ2n) is 3.33. The molecule has 0 spiro atoms. The summed E-state index contributed by atoms with van der Waals surface area (Å²) in [4.78, 5) is 3.80. The third-order valence-corrected chi connectivity index (χ3v) is 2.54. The number of halogens is 4. The van der Waals surface area contributed by atoms with Crippen LogP contribution in [0, 0.1) is 6.92 Å². The van der Waals surface area contributed by atoms with E-state index in [9.17, 15) is 13.2 Å². The smallest absolute Gasteiger partial charge is 0.334 e. The molecule has 0 unspecified atom stereocenters. The lowest BCUT2D eigenvalue weighted by Crippen LogP contribution is -2.07. The molecule has 2 rings (SSSR count). The Bertz CT molecular complexity index is 551. The van der Waals surface area contributed by atoms with Crippen LogP contribution in [0.3, 0.4) is 0 Å². The summed E-state index contributed by atoms with van der Waals surface area (Å²) in [7, 11) is 0. The number of hydrogen-bond acceptors (Lipinski definition) is 3. The molecular weight excluding hydrogens is 301 g/mol. The van der Waals surface area contributed by atoms with Gasteiger partial charge in [-0.25, -0.2) is 0 Å². The van der Waals surface area contributed by atoms with E-state index in [4.69, 9.17) is 4.52 Å². The summed E-state index contributed by atoms with van der Waals surface area (Å²) in [5, 5.41) is 3.48. The molecule has 1 heterocycles. The first-order valence-corrected chi connectivity index (χ1v) is 5.34. The van der Waals surface area contributed by atoms with Crippen molar-refractivity contribution in [3.8, 4) is 11.5 Å². The van der Waals surface area contributed by atoms with Crippen LogP contribution < -0.4 is 0 Å². The second-order valence-corrected chi connectivity index (χ2v) is 4.25. The highest BCUT2D eigenvalue weighted by atomic mass is 79.9. The molecule has 17 heavy (non-hydrogen) atoms. The molecule has 90 valence electrons. The normalized spacial score (nSPS) is 11.8. The number of aromatic nitrogens is 2. The maximum Gasteiger partial charge on any atom is 0.417 e. The molecule has 0 N–H and O–H groups in total. The van der Waals surface area contributed by atoms with Crippen molar-refractivity contribution in [2.45, 2.75) is 13.1 Å². The second kappa shape index (κ2) is 4.14. The molecule has 0 saturated heterocycles. The molecule has 1 aromatic carbocycles. The van der Waals surface area contributed by atoms with Gasteiger partial charge >= 0.3 is 6.18 Å². The Morgan fingerprint density at radius 1 is 1.29 bits per heavy atom. The summed E-state index contributed by atoms with van der Waals surface area (Å²) in [5.74, 6) is 0.143. The Hall–Kier alpha value is -1.37. The van der Waals surface area contributed by atoms with E-state index in [1.165, 1.54) is 19.1 Å². The van der Waals surface area contributed by atoms with Crippen molar-refractivity contribution in [3.63, 3.8) is 0 Å². The molecule has 0 fully saturated rings. The van der Waals surface area contributed by atoms with Crippen LogP contribution in [0.1, 0.15) is 11.4 Å². The van der Waals surface area contributed by atoms with E-state index in [0.29, 0.717) is 4.47 Å². The molecule has 0 radical (unpaired) electrons. The molecule has 7 heteroatoms. The summed E-state index contributed by atoms with van der Waals surface area (Å²) < 4.78 is 43.6. The summed E-state index contributed by atoms with van der Waals surface area (Å²) in [6.07, 6.45) is -4.46. The van der Waals surface area contributed by atoms with Crippen LogP contribution in [0.5, 0.6) is 0 Å². The van der Waals surface area contributed by atoms with Crippen molar-refractivity contribution in [2.75, 3.05) is 0 Å². The van der Waals surface area contributed by atoms with Crippen LogP contribution in [0.2, 0.25) is 0 Å². The predicted octanol–water partition coefficient (Wildman–Crippen LogP) is 3.83. The van der Waals surface area contributed by atoms with Gasteiger partial charge in [0, 0.05) is 4.47 Å². The van der Waals surface area contributed by atoms with Gasteiger partial charge in [-0.05, 0) is 25.1 Å². The van der Waals surface area contributed by atoms with Crippen LogP contribution >= 0.6 is 15.9 Å². The summed E-state index contributed by atoms with van der Waals surface area (Å²) >= 11 is 3.11. The van der Waals surface area contributed by atoms with Gasteiger partial charge < -0.3 is 4.52 Å². The zero-order chi connectivity index (χ0) is 12.6. The fourth-order valence-electron chi connectivity index (χ4n) is 1.35. The lowest BCUT2D eigenvalue weighted by atomic mass is 10.1. The molecule has 0 saturated carbocycles. The zero-order valence-corrected chi connectivity index (χ0v) is 10.1. The average molecular weight is 307 g/mol. The van der Waals surface area contributed by atoms with Gasteiger partial charge in [0.1, 0.15) is 0 Å². The van der Waals surface area contributed by atoms with Gasteiger partial charge in [-0.1, -0.05) is 21.1 Å². The zero-order valence-electron chi connectivity index (χ0n) is 8.55. The minimum Gasteiger partial charge on any atom is -0.334 e. The molecule has 3 nitrogen and oxygen atoms in total. The minimum atomic E-state index is -4.46. The van der Waals surface area contributed by atoms with E-state index in [1.54, 1.807) is 0 Å². The van der Waals surface area contributed by atoms with Gasteiger partial charge in [-0.3, -0.25) is 0 Å². The minimum absolute atomic E-state index is 0.132. The fourth-order valence-corrected chi connectivity index (χ4v) is 1.71. The van der Waals surface area contributed by atoms with Gasteiger partial charge in [0.05, 0.1) is 11.1 Å². The molecule has 0 aliphatic heterocycles. The van der Waals surface area contributed by atoms with Crippen molar-refractivity contribution in [2.24, 2.45) is 0 Å². The van der Waals surface area contributed by atoms with E-state index < -0.39 is 11.7 Å². The molecule has 0 aliphatic rings. The van der Waals surface area contributed by atoms with Crippen LogP contribution in [-0.4, -0.2) is 10.1 Å². The van der Waals surface area contributed by atoms with Crippen molar-refractivity contribution in [1.29, 1.82) is 0 Å². The van der Waals surface area contributed by atoms with E-state index in [2.05, 4.69) is 26.1 Å². The molecular formula is C10H6BrF3N2O. The van der Waals surface area contributed by atoms with Gasteiger partial charge in [-0.2, -0.15) is 18.2 Å². The first-order chi connectivity index (χ1) is 7.88. The van der Waals surface area contributed by atoms with Crippen LogP contribution in [-0.2, 0) is 6.18 Å². The van der Waals surface area contributed by atoms with Gasteiger partial charge in [-0.15, -0.1) is 0 Å². The van der Waals surface area contributed by atoms with Gasteiger partial charge in [0.25, 0.3) is 5.89 Å². The standard InChI is InChI=1S/C10H6BrF3N2O/c1-5-15-9(17-16-5)7-4-6(11)2-3-8(7)10(12,13)14/h2-4H,1H3. The van der Waals surface area contributed by atoms with E-state index >= 15 is 0 Å². The summed E-state index contributed by atoms with van der Waals surface area (Å²) in [6, 6.07) is 3.59. The Labute approximate surface area is 103 Å². The largest absolute Gasteiger partial charge is 0.417 e. The SMILES string of the molecule is Cc1noc(-c2cc(Br)ccc2C(F)(F)F)n1. The number of nitrogens with zero attached hydrogens (tertiary/aromatic N) is 2. The number of alkyl halides is 3. The third-order valence-electron chi connectivity index (χ3n) is 2.04. The Balaban J connectivity index is 2.63. The number of hydrogen-bond donors (Lipinski definition) is 0. The first kappa shape index (κ1) is 12.1. The maximum atomic E-state index is 12.8. The van der Waals surface area contributed by atoms with E-state index in [0.717, 1.165) is 6.07 Å². The van der Waals surface area contributed by atoms with E-state index in [-0.39, 0.29) is 17.3 Å². The molecule has 0 aliphatic carbocycles. The quantitative estimate of drug-likeness (QED) is 0.804. The molecule has 0 bridgehead atoms. The van der Waals surface area contributed by atoms with Crippen molar-refractivity contribution in [3.05, 3.63) is 34.1 Å². The molecule has 0 atom stereocenters. The molecule has 1 aromatic heterocycles. The van der Waals surface area contributed by atoms with Gasteiger partial charge in [0.2, 0.25) is 0 Å². The number of aryl methyl sites for hydroxylation is 1. The molecule has 0 amide bonds. The predicted molar refractivity (Wildman–Crippen MR) is 57.2 cm³/mol. The maximum absolute atomic E-state index is 12.8. The topological polar surface area (TPSA) is 38.9 Å². The Kier molecular flexibility index (Phi) is 2.94. The lowest BCUT2D eigenvalue weighted by Gasteiger charge is -2.10. The van der Waals surface area contributed by atoms with Crippen LogP contribution in [0.15, 0.2) is 27.2 Å². The number of rotatable bonds is 1. The Morgan fingerprint density at radius 2 is 2.00 bits per heavy atom. The Morgan fingerprint density at radius 3 is 2.53 bits per heavy atom. The number of benzene rings is 1. The highest BCUT2D eigenvalue weighted by molar-refractivity contribution is 9.10. The summed E-state index contributed by atoms with van der Waals surface area (Å²) in [5.41, 5.74) is -0.933. The van der Waals surface area contributed by atoms with Crippen molar-refractivity contribution in [1.82, 2.24) is 10.1 Å². The van der Waals surface area contributed by atoms with Crippen molar-refractivity contribution >= 4 is 15.9 Å². The van der Waals surface area contributed by atoms with Gasteiger partial charge in [0.15, 0.2) is 5.82 Å². The van der Waals surface area contributed by atoms with E-state index in [1.807, 2.05) is 0 Å². The van der Waals surface area contributed by atoms with Crippen molar-refractivity contribution < 1.29 is 17.7 Å². The monoisotopic (exact) mass is 306 g/mol.